The van der Waals surface area contributed by atoms with Crippen LogP contribution >= 0.6 is 12.2 Å². The molecule has 8 nitrogen and oxygen atoms in total. The molecule has 1 aliphatic heterocycles. The van der Waals surface area contributed by atoms with Gasteiger partial charge in [-0.05, 0) is 54.7 Å². The SMILES string of the molecule is COc1ccc(N2CCN(Cn3nc(-c4ccc(OC)c(OC)c4)oc3=S)CC2)cc1. The van der Waals surface area contributed by atoms with E-state index in [1.807, 2.05) is 30.3 Å². The Morgan fingerprint density at radius 2 is 1.61 bits per heavy atom. The summed E-state index contributed by atoms with van der Waals surface area (Å²) >= 11 is 5.40. The Labute approximate surface area is 186 Å². The molecule has 0 amide bonds. The maximum atomic E-state index is 5.75. The second kappa shape index (κ2) is 9.40. The predicted octanol–water partition coefficient (Wildman–Crippen LogP) is 3.68. The van der Waals surface area contributed by atoms with Gasteiger partial charge < -0.3 is 23.5 Å². The summed E-state index contributed by atoms with van der Waals surface area (Å²) in [4.78, 5) is 5.03. The van der Waals surface area contributed by atoms with Gasteiger partial charge in [-0.25, -0.2) is 4.68 Å². The lowest BCUT2D eigenvalue weighted by Crippen LogP contribution is -2.46. The number of anilines is 1. The van der Waals surface area contributed by atoms with E-state index in [9.17, 15) is 0 Å². The van der Waals surface area contributed by atoms with E-state index in [0.29, 0.717) is 28.9 Å². The molecule has 0 N–H and O–H groups in total. The van der Waals surface area contributed by atoms with E-state index >= 15 is 0 Å². The van der Waals surface area contributed by atoms with Crippen LogP contribution in [0.3, 0.4) is 0 Å². The molecule has 0 saturated carbocycles. The van der Waals surface area contributed by atoms with Crippen molar-refractivity contribution < 1.29 is 18.6 Å². The first-order chi connectivity index (χ1) is 15.1. The molecular formula is C22H26N4O4S. The van der Waals surface area contributed by atoms with Gasteiger partial charge in [0.1, 0.15) is 5.75 Å². The van der Waals surface area contributed by atoms with Gasteiger partial charge >= 0.3 is 0 Å². The van der Waals surface area contributed by atoms with Crippen LogP contribution in [0.25, 0.3) is 11.5 Å². The van der Waals surface area contributed by atoms with Gasteiger partial charge in [-0.15, -0.1) is 5.10 Å². The van der Waals surface area contributed by atoms with Crippen LogP contribution in [-0.4, -0.2) is 62.2 Å². The maximum Gasteiger partial charge on any atom is 0.288 e. The second-order valence-corrected chi connectivity index (χ2v) is 7.54. The van der Waals surface area contributed by atoms with Gasteiger partial charge in [0.25, 0.3) is 4.84 Å². The molecule has 3 aromatic rings. The fraction of sp³-hybridized carbons (Fsp3) is 0.364. The largest absolute Gasteiger partial charge is 0.497 e. The number of hydrogen-bond acceptors (Lipinski definition) is 8. The topological polar surface area (TPSA) is 65.1 Å². The van der Waals surface area contributed by atoms with E-state index in [1.54, 1.807) is 26.0 Å². The minimum absolute atomic E-state index is 0.349. The van der Waals surface area contributed by atoms with Crippen LogP contribution in [0.5, 0.6) is 17.2 Å². The lowest BCUT2D eigenvalue weighted by Gasteiger charge is -2.35. The first-order valence-electron chi connectivity index (χ1n) is 10.0. The monoisotopic (exact) mass is 442 g/mol. The van der Waals surface area contributed by atoms with Gasteiger partial charge in [-0.2, -0.15) is 0 Å². The quantitative estimate of drug-likeness (QED) is 0.514. The molecule has 2 heterocycles. The summed E-state index contributed by atoms with van der Waals surface area (Å²) in [5.41, 5.74) is 1.99. The average molecular weight is 443 g/mol. The summed E-state index contributed by atoms with van der Waals surface area (Å²) in [6, 6.07) is 13.7. The minimum Gasteiger partial charge on any atom is -0.497 e. The van der Waals surface area contributed by atoms with Crippen LogP contribution in [0.1, 0.15) is 0 Å². The number of benzene rings is 2. The molecule has 0 spiro atoms. The highest BCUT2D eigenvalue weighted by Crippen LogP contribution is 2.31. The zero-order valence-electron chi connectivity index (χ0n) is 17.9. The zero-order chi connectivity index (χ0) is 21.8. The Morgan fingerprint density at radius 1 is 0.903 bits per heavy atom. The van der Waals surface area contributed by atoms with Crippen molar-refractivity contribution in [3.63, 3.8) is 0 Å². The van der Waals surface area contributed by atoms with E-state index in [-0.39, 0.29) is 0 Å². The average Bonchev–Trinajstić information content (AvgIpc) is 3.19. The van der Waals surface area contributed by atoms with Crippen LogP contribution in [0.4, 0.5) is 5.69 Å². The smallest absolute Gasteiger partial charge is 0.288 e. The number of hydrogen-bond donors (Lipinski definition) is 0. The van der Waals surface area contributed by atoms with Crippen molar-refractivity contribution >= 4 is 17.9 Å². The predicted molar refractivity (Wildman–Crippen MR) is 121 cm³/mol. The highest BCUT2D eigenvalue weighted by molar-refractivity contribution is 7.71. The van der Waals surface area contributed by atoms with E-state index < -0.39 is 0 Å². The van der Waals surface area contributed by atoms with Gasteiger partial charge in [-0.3, -0.25) is 4.90 Å². The summed E-state index contributed by atoms with van der Waals surface area (Å²) in [6.45, 7) is 4.27. The lowest BCUT2D eigenvalue weighted by molar-refractivity contribution is 0.192. The summed E-state index contributed by atoms with van der Waals surface area (Å²) < 4.78 is 23.4. The van der Waals surface area contributed by atoms with Crippen LogP contribution in [0.15, 0.2) is 46.9 Å². The van der Waals surface area contributed by atoms with E-state index in [0.717, 1.165) is 37.5 Å². The Bertz CT molecular complexity index is 1070. The molecule has 2 aromatic carbocycles. The normalized spacial score (nSPS) is 14.5. The van der Waals surface area contributed by atoms with E-state index in [4.69, 9.17) is 30.8 Å². The van der Waals surface area contributed by atoms with Crippen molar-refractivity contribution in [1.29, 1.82) is 0 Å². The standard InChI is InChI=1S/C22H26N4O4S/c1-27-18-7-5-17(6-8-18)25-12-10-24(11-13-25)15-26-22(31)30-21(23-26)16-4-9-19(28-2)20(14-16)29-3/h4-9,14H,10-13,15H2,1-3H3. The number of aromatic nitrogens is 2. The molecular weight excluding hydrogens is 416 g/mol. The number of ether oxygens (including phenoxy) is 3. The number of methoxy groups -OCH3 is 3. The van der Waals surface area contributed by atoms with Crippen molar-refractivity contribution in [1.82, 2.24) is 14.7 Å². The molecule has 0 unspecified atom stereocenters. The molecule has 0 bridgehead atoms. The summed E-state index contributed by atoms with van der Waals surface area (Å²) in [5, 5.41) is 4.58. The van der Waals surface area contributed by atoms with Crippen LogP contribution in [-0.2, 0) is 6.67 Å². The summed E-state index contributed by atoms with van der Waals surface area (Å²) in [7, 11) is 4.88. The molecule has 31 heavy (non-hydrogen) atoms. The van der Waals surface area contributed by atoms with Crippen molar-refractivity contribution in [2.24, 2.45) is 0 Å². The molecule has 1 aliphatic rings. The Morgan fingerprint density at radius 3 is 2.26 bits per heavy atom. The lowest BCUT2D eigenvalue weighted by atomic mass is 10.2. The van der Waals surface area contributed by atoms with Gasteiger partial charge in [0.2, 0.25) is 5.89 Å². The molecule has 0 radical (unpaired) electrons. The molecule has 9 heteroatoms. The number of piperazine rings is 1. The van der Waals surface area contributed by atoms with E-state index in [2.05, 4.69) is 27.0 Å². The fourth-order valence-electron chi connectivity index (χ4n) is 3.61. The minimum atomic E-state index is 0.349. The molecule has 0 aliphatic carbocycles. The van der Waals surface area contributed by atoms with Crippen LogP contribution in [0.2, 0.25) is 0 Å². The number of rotatable bonds is 7. The Hall–Kier alpha value is -3.04. The first kappa shape index (κ1) is 21.2. The molecule has 1 saturated heterocycles. The van der Waals surface area contributed by atoms with Crippen molar-refractivity contribution in [2.75, 3.05) is 52.4 Å². The van der Waals surface area contributed by atoms with Crippen LogP contribution < -0.4 is 19.1 Å². The molecule has 0 atom stereocenters. The fourth-order valence-corrected chi connectivity index (χ4v) is 3.79. The number of nitrogens with zero attached hydrogens (tertiary/aromatic N) is 4. The highest BCUT2D eigenvalue weighted by atomic mass is 32.1. The van der Waals surface area contributed by atoms with Gasteiger partial charge in [0.15, 0.2) is 11.5 Å². The van der Waals surface area contributed by atoms with E-state index in [1.165, 1.54) is 5.69 Å². The van der Waals surface area contributed by atoms with Gasteiger partial charge in [0, 0.05) is 37.4 Å². The summed E-state index contributed by atoms with van der Waals surface area (Å²) in [5.74, 6) is 2.60. The maximum absolute atomic E-state index is 5.75. The van der Waals surface area contributed by atoms with Crippen LogP contribution in [0, 0.1) is 4.84 Å². The molecule has 1 fully saturated rings. The molecule has 164 valence electrons. The van der Waals surface area contributed by atoms with Gasteiger partial charge in [-0.1, -0.05) is 0 Å². The Kier molecular flexibility index (Phi) is 6.43. The second-order valence-electron chi connectivity index (χ2n) is 7.19. The van der Waals surface area contributed by atoms with Crippen molar-refractivity contribution in [3.8, 4) is 28.7 Å². The third-order valence-electron chi connectivity index (χ3n) is 5.38. The third-order valence-corrected chi connectivity index (χ3v) is 5.67. The zero-order valence-corrected chi connectivity index (χ0v) is 18.7. The third kappa shape index (κ3) is 4.67. The highest BCUT2D eigenvalue weighted by Gasteiger charge is 2.19. The summed E-state index contributed by atoms with van der Waals surface area (Å²) in [6.07, 6.45) is 0. The van der Waals surface area contributed by atoms with Crippen molar-refractivity contribution in [3.05, 3.63) is 47.3 Å². The molecule has 1 aromatic heterocycles. The molecule has 4 rings (SSSR count). The first-order valence-corrected chi connectivity index (χ1v) is 10.4. The van der Waals surface area contributed by atoms with Gasteiger partial charge in [0.05, 0.1) is 28.0 Å². The Balaban J connectivity index is 1.41. The van der Waals surface area contributed by atoms with Crippen molar-refractivity contribution in [2.45, 2.75) is 6.67 Å².